The first-order chi connectivity index (χ1) is 16.4. The van der Waals surface area contributed by atoms with Crippen LogP contribution in [0.2, 0.25) is 0 Å². The van der Waals surface area contributed by atoms with Crippen LogP contribution in [0.25, 0.3) is 11.3 Å². The second kappa shape index (κ2) is 12.3. The highest BCUT2D eigenvalue weighted by molar-refractivity contribution is 7.12. The van der Waals surface area contributed by atoms with E-state index in [1.54, 1.807) is 36.6 Å². The number of benzene rings is 2. The second-order valence-electron chi connectivity index (χ2n) is 8.23. The van der Waals surface area contributed by atoms with Crippen LogP contribution in [0.5, 0.6) is 17.2 Å². The highest BCUT2D eigenvalue weighted by Gasteiger charge is 2.14. The van der Waals surface area contributed by atoms with Gasteiger partial charge < -0.3 is 25.2 Å². The number of aryl methyl sites for hydroxylation is 1. The van der Waals surface area contributed by atoms with Gasteiger partial charge in [-0.15, -0.1) is 11.3 Å². The summed E-state index contributed by atoms with van der Waals surface area (Å²) >= 11 is 1.77. The fraction of sp³-hybridized carbons (Fsp3) is 0.385. The quantitative estimate of drug-likeness (QED) is 0.108. The Morgan fingerprint density at radius 3 is 2.38 bits per heavy atom. The number of thiazole rings is 1. The monoisotopic (exact) mass is 483 g/mol. The number of hydrogen-bond acceptors (Lipinski definition) is 7. The minimum absolute atomic E-state index is 0.0260. The van der Waals surface area contributed by atoms with Crippen molar-refractivity contribution < 1.29 is 19.4 Å². The van der Waals surface area contributed by atoms with Crippen LogP contribution >= 0.6 is 11.3 Å². The third-order valence-corrected chi connectivity index (χ3v) is 6.57. The van der Waals surface area contributed by atoms with Crippen LogP contribution < -0.4 is 19.9 Å². The summed E-state index contributed by atoms with van der Waals surface area (Å²) in [6, 6.07) is 13.4. The number of methoxy groups -OCH3 is 1. The molecule has 3 aromatic rings. The summed E-state index contributed by atoms with van der Waals surface area (Å²) in [6.45, 7) is 7.69. The Balaban J connectivity index is 1.40. The summed E-state index contributed by atoms with van der Waals surface area (Å²) < 4.78 is 17.1. The summed E-state index contributed by atoms with van der Waals surface area (Å²) in [5.74, 6) is 2.53. The lowest BCUT2D eigenvalue weighted by molar-refractivity contribution is 0.270. The highest BCUT2D eigenvalue weighted by Crippen LogP contribution is 2.34. The normalized spacial score (nSPS) is 11.6. The molecule has 0 aliphatic rings. The molecule has 1 aromatic heterocycles. The number of nitrogens with two attached hydrogens (primary N) is 1. The van der Waals surface area contributed by atoms with E-state index in [-0.39, 0.29) is 5.84 Å². The Morgan fingerprint density at radius 1 is 1.03 bits per heavy atom. The van der Waals surface area contributed by atoms with Gasteiger partial charge in [-0.1, -0.05) is 19.0 Å². The van der Waals surface area contributed by atoms with E-state index in [1.165, 1.54) is 4.88 Å². The average Bonchev–Trinajstić information content (AvgIpc) is 3.25. The zero-order valence-corrected chi connectivity index (χ0v) is 21.0. The molecule has 182 valence electrons. The number of amidine groups is 1. The van der Waals surface area contributed by atoms with Crippen molar-refractivity contribution in [3.63, 3.8) is 0 Å². The van der Waals surface area contributed by atoms with Crippen LogP contribution in [0.3, 0.4) is 0 Å². The molecule has 0 radical (unpaired) electrons. The molecule has 3 N–H and O–H groups in total. The zero-order chi connectivity index (χ0) is 24.5. The number of oxime groups is 1. The number of ether oxygens (including phenoxy) is 3. The van der Waals surface area contributed by atoms with E-state index in [4.69, 9.17) is 30.1 Å². The van der Waals surface area contributed by atoms with Gasteiger partial charge in [-0.25, -0.2) is 4.98 Å². The van der Waals surface area contributed by atoms with Gasteiger partial charge >= 0.3 is 0 Å². The Hall–Kier alpha value is -3.26. The largest absolute Gasteiger partial charge is 0.494 e. The van der Waals surface area contributed by atoms with Gasteiger partial charge in [0.2, 0.25) is 0 Å². The Kier molecular flexibility index (Phi) is 9.16. The molecule has 0 atom stereocenters. The van der Waals surface area contributed by atoms with E-state index in [2.05, 4.69) is 38.1 Å². The lowest BCUT2D eigenvalue weighted by Crippen LogP contribution is -2.13. The molecule has 8 heteroatoms. The van der Waals surface area contributed by atoms with Gasteiger partial charge in [0.25, 0.3) is 0 Å². The van der Waals surface area contributed by atoms with E-state index in [1.807, 2.05) is 12.1 Å². The molecule has 0 saturated carbocycles. The molecule has 34 heavy (non-hydrogen) atoms. The summed E-state index contributed by atoms with van der Waals surface area (Å²) in [6.07, 6.45) is 2.82. The molecule has 0 bridgehead atoms. The third-order valence-electron chi connectivity index (χ3n) is 5.29. The van der Waals surface area contributed by atoms with Gasteiger partial charge in [0.05, 0.1) is 31.0 Å². The summed E-state index contributed by atoms with van der Waals surface area (Å²) in [4.78, 5) is 6.05. The van der Waals surface area contributed by atoms with Crippen molar-refractivity contribution in [1.29, 1.82) is 0 Å². The van der Waals surface area contributed by atoms with Gasteiger partial charge in [0.1, 0.15) is 5.75 Å². The van der Waals surface area contributed by atoms with Crippen LogP contribution in [-0.2, 0) is 0 Å². The maximum Gasteiger partial charge on any atom is 0.170 e. The smallest absolute Gasteiger partial charge is 0.170 e. The maximum absolute atomic E-state index is 8.80. The first kappa shape index (κ1) is 25.4. The SMILES string of the molecule is COc1cc(C(N)=NO)ccc1OCCCCCOc1ccc(-c2nc(C)sc2C(C)C)cc1. The summed E-state index contributed by atoms with van der Waals surface area (Å²) in [7, 11) is 1.56. The van der Waals surface area contributed by atoms with Crippen LogP contribution in [0.1, 0.15) is 54.5 Å². The van der Waals surface area contributed by atoms with E-state index in [0.29, 0.717) is 36.2 Å². The zero-order valence-electron chi connectivity index (χ0n) is 20.2. The molecule has 0 unspecified atom stereocenters. The third kappa shape index (κ3) is 6.63. The average molecular weight is 484 g/mol. The highest BCUT2D eigenvalue weighted by atomic mass is 32.1. The Morgan fingerprint density at radius 2 is 1.74 bits per heavy atom. The van der Waals surface area contributed by atoms with Crippen molar-refractivity contribution in [3.05, 3.63) is 57.9 Å². The number of aromatic nitrogens is 1. The topological polar surface area (TPSA) is 99.2 Å². The minimum Gasteiger partial charge on any atom is -0.494 e. The van der Waals surface area contributed by atoms with Crippen molar-refractivity contribution in [2.24, 2.45) is 10.9 Å². The lowest BCUT2D eigenvalue weighted by Gasteiger charge is -2.12. The predicted molar refractivity (Wildman–Crippen MR) is 137 cm³/mol. The molecule has 0 spiro atoms. The second-order valence-corrected chi connectivity index (χ2v) is 9.47. The molecule has 0 saturated heterocycles. The van der Waals surface area contributed by atoms with Gasteiger partial charge in [-0.3, -0.25) is 0 Å². The van der Waals surface area contributed by atoms with E-state index < -0.39 is 0 Å². The molecule has 0 amide bonds. The van der Waals surface area contributed by atoms with Crippen LogP contribution in [-0.4, -0.2) is 36.4 Å². The standard InChI is InChI=1S/C26H33N3O4S/c1-17(2)25-24(28-18(3)34-25)19-8-11-21(12-9-19)32-14-6-5-7-15-33-22-13-10-20(26(27)29-30)16-23(22)31-4/h8-13,16-17,30H,5-7,14-15H2,1-4H3,(H2,27,29). The summed E-state index contributed by atoms with van der Waals surface area (Å²) in [5, 5.41) is 12.9. The molecule has 0 aliphatic carbocycles. The molecule has 0 fully saturated rings. The number of hydrogen-bond donors (Lipinski definition) is 2. The van der Waals surface area contributed by atoms with Crippen molar-refractivity contribution in [1.82, 2.24) is 4.98 Å². The number of unbranched alkanes of at least 4 members (excludes halogenated alkanes) is 2. The maximum atomic E-state index is 8.80. The molecule has 2 aromatic carbocycles. The van der Waals surface area contributed by atoms with Gasteiger partial charge in [-0.05, 0) is 74.6 Å². The fourth-order valence-electron chi connectivity index (χ4n) is 3.51. The molecular formula is C26H33N3O4S. The first-order valence-corrected chi connectivity index (χ1v) is 12.2. The minimum atomic E-state index is 0.0260. The van der Waals surface area contributed by atoms with Crippen molar-refractivity contribution >= 4 is 17.2 Å². The van der Waals surface area contributed by atoms with Gasteiger partial charge in [0.15, 0.2) is 17.3 Å². The van der Waals surface area contributed by atoms with E-state index in [0.717, 1.165) is 41.3 Å². The molecule has 1 heterocycles. The van der Waals surface area contributed by atoms with Crippen LogP contribution in [0.15, 0.2) is 47.6 Å². The fourth-order valence-corrected chi connectivity index (χ4v) is 4.46. The van der Waals surface area contributed by atoms with Gasteiger partial charge in [-0.2, -0.15) is 0 Å². The van der Waals surface area contributed by atoms with E-state index >= 15 is 0 Å². The number of nitrogens with zero attached hydrogens (tertiary/aromatic N) is 2. The van der Waals surface area contributed by atoms with Crippen LogP contribution in [0, 0.1) is 6.92 Å². The molecule has 7 nitrogen and oxygen atoms in total. The van der Waals surface area contributed by atoms with Crippen LogP contribution in [0.4, 0.5) is 0 Å². The van der Waals surface area contributed by atoms with Crippen molar-refractivity contribution in [3.8, 4) is 28.5 Å². The van der Waals surface area contributed by atoms with Crippen molar-refractivity contribution in [2.75, 3.05) is 20.3 Å². The Bertz CT molecular complexity index is 1090. The molecular weight excluding hydrogens is 450 g/mol. The molecule has 3 rings (SSSR count). The predicted octanol–water partition coefficient (Wildman–Crippen LogP) is 5.97. The van der Waals surface area contributed by atoms with E-state index in [9.17, 15) is 0 Å². The Labute approximate surface area is 205 Å². The van der Waals surface area contributed by atoms with Gasteiger partial charge in [0, 0.05) is 16.0 Å². The first-order valence-electron chi connectivity index (χ1n) is 11.4. The number of rotatable bonds is 12. The lowest BCUT2D eigenvalue weighted by atomic mass is 10.1. The molecule has 0 aliphatic heterocycles. The summed E-state index contributed by atoms with van der Waals surface area (Å²) in [5.41, 5.74) is 8.40. The van der Waals surface area contributed by atoms with Crippen molar-refractivity contribution in [2.45, 2.75) is 46.0 Å².